The summed E-state index contributed by atoms with van der Waals surface area (Å²) in [4.78, 5) is 14.8. The van der Waals surface area contributed by atoms with Crippen LogP contribution in [0.4, 0.5) is 5.69 Å². The molecule has 1 aliphatic rings. The van der Waals surface area contributed by atoms with Crippen molar-refractivity contribution < 1.29 is 14.3 Å². The zero-order valence-corrected chi connectivity index (χ0v) is 16.3. The molecule has 4 nitrogen and oxygen atoms in total. The molecule has 25 heavy (non-hydrogen) atoms. The third-order valence-corrected chi connectivity index (χ3v) is 5.14. The van der Waals surface area contributed by atoms with Crippen LogP contribution in [0.5, 0.6) is 11.5 Å². The highest BCUT2D eigenvalue weighted by atomic mass is 79.9. The van der Waals surface area contributed by atoms with Crippen LogP contribution >= 0.6 is 15.9 Å². The number of nitrogens with zero attached hydrogens (tertiary/aromatic N) is 1. The number of ether oxygens (including phenoxy) is 2. The molecule has 0 radical (unpaired) electrons. The van der Waals surface area contributed by atoms with E-state index in [0.717, 1.165) is 33.6 Å². The van der Waals surface area contributed by atoms with Crippen LogP contribution in [0.2, 0.25) is 0 Å². The standard InChI is InChI=1S/C20H22BrNO3/c1-13-11-14-12-15(21)7-9-17(14)22(13)20(23)10-8-16-18(24-2)5-4-6-19(16)25-3/h4-7,9,12-13H,8,10-11H2,1-3H3/t13-/m1/s1. The minimum Gasteiger partial charge on any atom is -0.496 e. The van der Waals surface area contributed by atoms with E-state index in [0.29, 0.717) is 12.8 Å². The zero-order chi connectivity index (χ0) is 18.0. The summed E-state index contributed by atoms with van der Waals surface area (Å²) in [5.41, 5.74) is 3.17. The first kappa shape index (κ1) is 17.8. The van der Waals surface area contributed by atoms with E-state index < -0.39 is 0 Å². The zero-order valence-electron chi connectivity index (χ0n) is 14.7. The van der Waals surface area contributed by atoms with Crippen molar-refractivity contribution in [3.8, 4) is 11.5 Å². The van der Waals surface area contributed by atoms with Gasteiger partial charge in [0.05, 0.1) is 14.2 Å². The lowest BCUT2D eigenvalue weighted by Gasteiger charge is -2.23. The fourth-order valence-electron chi connectivity index (χ4n) is 3.51. The van der Waals surface area contributed by atoms with Gasteiger partial charge in [-0.3, -0.25) is 4.79 Å². The van der Waals surface area contributed by atoms with E-state index in [2.05, 4.69) is 28.9 Å². The maximum Gasteiger partial charge on any atom is 0.227 e. The van der Waals surface area contributed by atoms with Gasteiger partial charge in [-0.25, -0.2) is 0 Å². The van der Waals surface area contributed by atoms with Gasteiger partial charge in [0.15, 0.2) is 0 Å². The quantitative estimate of drug-likeness (QED) is 0.743. The van der Waals surface area contributed by atoms with E-state index in [-0.39, 0.29) is 11.9 Å². The second kappa shape index (κ2) is 7.48. The number of carbonyl (C=O) groups is 1. The van der Waals surface area contributed by atoms with Gasteiger partial charge in [-0.2, -0.15) is 0 Å². The van der Waals surface area contributed by atoms with Crippen molar-refractivity contribution >= 4 is 27.5 Å². The number of amides is 1. The van der Waals surface area contributed by atoms with Crippen LogP contribution in [-0.4, -0.2) is 26.2 Å². The molecule has 2 aromatic rings. The van der Waals surface area contributed by atoms with Crippen molar-refractivity contribution in [2.45, 2.75) is 32.2 Å². The fraction of sp³-hybridized carbons (Fsp3) is 0.350. The first-order chi connectivity index (χ1) is 12.0. The minimum absolute atomic E-state index is 0.126. The van der Waals surface area contributed by atoms with Gasteiger partial charge in [-0.05, 0) is 55.7 Å². The largest absolute Gasteiger partial charge is 0.496 e. The molecule has 0 saturated heterocycles. The average molecular weight is 404 g/mol. The Balaban J connectivity index is 1.79. The van der Waals surface area contributed by atoms with Crippen molar-refractivity contribution in [1.29, 1.82) is 0 Å². The summed E-state index contributed by atoms with van der Waals surface area (Å²) in [7, 11) is 3.27. The molecule has 1 amide bonds. The van der Waals surface area contributed by atoms with Crippen molar-refractivity contribution in [3.05, 3.63) is 52.0 Å². The summed E-state index contributed by atoms with van der Waals surface area (Å²) in [5, 5.41) is 0. The molecule has 0 fully saturated rings. The first-order valence-corrected chi connectivity index (χ1v) is 9.14. The number of hydrogen-bond acceptors (Lipinski definition) is 3. The normalized spacial score (nSPS) is 15.8. The Morgan fingerprint density at radius 2 is 1.88 bits per heavy atom. The first-order valence-electron chi connectivity index (χ1n) is 8.35. The van der Waals surface area contributed by atoms with Gasteiger partial charge in [0.1, 0.15) is 11.5 Å². The third-order valence-electron chi connectivity index (χ3n) is 4.64. The second-order valence-electron chi connectivity index (χ2n) is 6.23. The van der Waals surface area contributed by atoms with Gasteiger partial charge in [0.2, 0.25) is 5.91 Å². The molecule has 5 heteroatoms. The molecule has 0 unspecified atom stereocenters. The predicted molar refractivity (Wildman–Crippen MR) is 103 cm³/mol. The molecule has 0 aromatic heterocycles. The highest BCUT2D eigenvalue weighted by Crippen LogP contribution is 2.35. The summed E-state index contributed by atoms with van der Waals surface area (Å²) in [6.07, 6.45) is 1.89. The van der Waals surface area contributed by atoms with Gasteiger partial charge in [-0.15, -0.1) is 0 Å². The molecule has 0 bridgehead atoms. The van der Waals surface area contributed by atoms with E-state index in [9.17, 15) is 4.79 Å². The number of hydrogen-bond donors (Lipinski definition) is 0. The molecule has 1 aliphatic heterocycles. The lowest BCUT2D eigenvalue weighted by atomic mass is 10.1. The molecule has 0 saturated carbocycles. The van der Waals surface area contributed by atoms with E-state index in [1.807, 2.05) is 35.2 Å². The predicted octanol–water partition coefficient (Wildman–Crippen LogP) is 4.38. The van der Waals surface area contributed by atoms with Crippen molar-refractivity contribution in [1.82, 2.24) is 0 Å². The topological polar surface area (TPSA) is 38.8 Å². The molecule has 2 aromatic carbocycles. The number of benzene rings is 2. The Morgan fingerprint density at radius 3 is 2.52 bits per heavy atom. The summed E-state index contributed by atoms with van der Waals surface area (Å²) >= 11 is 3.50. The second-order valence-corrected chi connectivity index (χ2v) is 7.15. The molecule has 132 valence electrons. The lowest BCUT2D eigenvalue weighted by molar-refractivity contribution is -0.118. The maximum atomic E-state index is 12.9. The monoisotopic (exact) mass is 403 g/mol. The van der Waals surface area contributed by atoms with Gasteiger partial charge in [0.25, 0.3) is 0 Å². The Hall–Kier alpha value is -2.01. The Labute approximate surface area is 156 Å². The summed E-state index contributed by atoms with van der Waals surface area (Å²) < 4.78 is 11.9. The smallest absolute Gasteiger partial charge is 0.227 e. The van der Waals surface area contributed by atoms with E-state index in [4.69, 9.17) is 9.47 Å². The molecule has 0 N–H and O–H groups in total. The summed E-state index contributed by atoms with van der Waals surface area (Å²) in [5.74, 6) is 1.64. The van der Waals surface area contributed by atoms with E-state index in [1.165, 1.54) is 5.56 Å². The number of halogens is 1. The number of fused-ring (bicyclic) bond motifs is 1. The molecule has 1 heterocycles. The SMILES string of the molecule is COc1cccc(OC)c1CCC(=O)N1c2ccc(Br)cc2C[C@H]1C. The van der Waals surface area contributed by atoms with E-state index in [1.54, 1.807) is 14.2 Å². The highest BCUT2D eigenvalue weighted by molar-refractivity contribution is 9.10. The number of carbonyl (C=O) groups excluding carboxylic acids is 1. The summed E-state index contributed by atoms with van der Waals surface area (Å²) in [6.45, 7) is 2.09. The van der Waals surface area contributed by atoms with Crippen LogP contribution in [0.15, 0.2) is 40.9 Å². The van der Waals surface area contributed by atoms with Gasteiger partial charge >= 0.3 is 0 Å². The Bertz CT molecular complexity index is 768. The van der Waals surface area contributed by atoms with Crippen molar-refractivity contribution in [2.75, 3.05) is 19.1 Å². The molecule has 0 aliphatic carbocycles. The third kappa shape index (κ3) is 3.52. The molecule has 0 spiro atoms. The van der Waals surface area contributed by atoms with Crippen LogP contribution in [-0.2, 0) is 17.6 Å². The lowest BCUT2D eigenvalue weighted by Crippen LogP contribution is -2.35. The van der Waals surface area contributed by atoms with Gasteiger partial charge < -0.3 is 14.4 Å². The van der Waals surface area contributed by atoms with E-state index >= 15 is 0 Å². The van der Waals surface area contributed by atoms with Gasteiger partial charge in [-0.1, -0.05) is 22.0 Å². The van der Waals surface area contributed by atoms with Gasteiger partial charge in [0, 0.05) is 28.2 Å². The Morgan fingerprint density at radius 1 is 1.20 bits per heavy atom. The van der Waals surface area contributed by atoms with Crippen LogP contribution in [0.25, 0.3) is 0 Å². The van der Waals surface area contributed by atoms with Crippen LogP contribution in [0.1, 0.15) is 24.5 Å². The minimum atomic E-state index is 0.126. The average Bonchev–Trinajstić information content (AvgIpc) is 2.94. The molecule has 3 rings (SSSR count). The highest BCUT2D eigenvalue weighted by Gasteiger charge is 2.30. The molecule has 1 atom stereocenters. The Kier molecular flexibility index (Phi) is 5.33. The summed E-state index contributed by atoms with van der Waals surface area (Å²) in [6, 6.07) is 12.0. The number of anilines is 1. The van der Waals surface area contributed by atoms with Crippen LogP contribution in [0, 0.1) is 0 Å². The molecular formula is C20H22BrNO3. The maximum absolute atomic E-state index is 12.9. The van der Waals surface area contributed by atoms with Crippen LogP contribution in [0.3, 0.4) is 0 Å². The van der Waals surface area contributed by atoms with Crippen molar-refractivity contribution in [2.24, 2.45) is 0 Å². The van der Waals surface area contributed by atoms with Crippen LogP contribution < -0.4 is 14.4 Å². The fourth-order valence-corrected chi connectivity index (χ4v) is 3.92. The number of methoxy groups -OCH3 is 2. The van der Waals surface area contributed by atoms with Crippen molar-refractivity contribution in [3.63, 3.8) is 0 Å². The number of rotatable bonds is 5. The molecular weight excluding hydrogens is 382 g/mol.